The van der Waals surface area contributed by atoms with Crippen molar-refractivity contribution in [2.45, 2.75) is 268 Å². The van der Waals surface area contributed by atoms with Gasteiger partial charge in [-0.05, 0) is 19.3 Å². The second-order valence-corrected chi connectivity index (χ2v) is 17.7. The molecule has 0 unspecified atom stereocenters. The van der Waals surface area contributed by atoms with Gasteiger partial charge in [-0.3, -0.25) is 14.4 Å². The number of carbonyl (C=O) groups excluding carboxylic acids is 3. The predicted molar refractivity (Wildman–Crippen MR) is 236 cm³/mol. The van der Waals surface area contributed by atoms with Gasteiger partial charge in [0.05, 0.1) is 13.2 Å². The fourth-order valence-corrected chi connectivity index (χ4v) is 8.37. The highest BCUT2D eigenvalue weighted by atomic mass is 16.8. The van der Waals surface area contributed by atoms with Crippen molar-refractivity contribution in [2.75, 3.05) is 19.8 Å². The molecule has 2 heterocycles. The van der Waals surface area contributed by atoms with Crippen molar-refractivity contribution in [1.29, 1.82) is 0 Å². The van der Waals surface area contributed by atoms with E-state index in [1.165, 1.54) is 77.0 Å². The molecule has 0 aliphatic carbocycles. The first-order valence-electron chi connectivity index (χ1n) is 24.9. The van der Waals surface area contributed by atoms with Crippen molar-refractivity contribution >= 4 is 17.9 Å². The Morgan fingerprint density at radius 1 is 0.468 bits per heavy atom. The Morgan fingerprint density at radius 2 is 0.823 bits per heavy atom. The number of rotatable bonds is 38. The summed E-state index contributed by atoms with van der Waals surface area (Å²) in [6, 6.07) is 0. The number of ether oxygens (including phenoxy) is 6. The third-order valence-corrected chi connectivity index (χ3v) is 12.2. The third kappa shape index (κ3) is 21.4. The van der Waals surface area contributed by atoms with Crippen molar-refractivity contribution in [1.82, 2.24) is 0 Å². The lowest BCUT2D eigenvalue weighted by atomic mass is 9.97. The second-order valence-electron chi connectivity index (χ2n) is 17.7. The Balaban J connectivity index is 2.21. The first kappa shape index (κ1) is 56.2. The maximum absolute atomic E-state index is 13.5. The molecular formula is C48H88O14. The molecule has 364 valence electrons. The summed E-state index contributed by atoms with van der Waals surface area (Å²) in [6.45, 7) is 4.06. The molecule has 62 heavy (non-hydrogen) atoms. The van der Waals surface area contributed by atoms with E-state index in [1.807, 2.05) is 0 Å². The molecule has 0 saturated carbocycles. The van der Waals surface area contributed by atoms with Gasteiger partial charge in [0, 0.05) is 19.3 Å². The first-order valence-corrected chi connectivity index (χ1v) is 24.9. The van der Waals surface area contributed by atoms with Crippen molar-refractivity contribution < 1.29 is 68.3 Å². The van der Waals surface area contributed by atoms with Crippen molar-refractivity contribution in [3.8, 4) is 0 Å². The smallest absolute Gasteiger partial charge is 0.306 e. The Labute approximate surface area is 373 Å². The molecule has 0 spiro atoms. The summed E-state index contributed by atoms with van der Waals surface area (Å²) < 4.78 is 35.5. The molecule has 9 atom stereocenters. The zero-order valence-corrected chi connectivity index (χ0v) is 38.9. The molecule has 2 aliphatic heterocycles. The quantitative estimate of drug-likeness (QED) is 0.0226. The van der Waals surface area contributed by atoms with Gasteiger partial charge in [-0.2, -0.15) is 0 Å². The van der Waals surface area contributed by atoms with Crippen LogP contribution in [0, 0.1) is 0 Å². The summed E-state index contributed by atoms with van der Waals surface area (Å²) in [5.74, 6) is -4.35. The van der Waals surface area contributed by atoms with Crippen LogP contribution in [0.1, 0.15) is 213 Å². The van der Waals surface area contributed by atoms with Crippen LogP contribution in [0.4, 0.5) is 0 Å². The fourth-order valence-electron chi connectivity index (χ4n) is 8.37. The maximum Gasteiger partial charge on any atom is 0.306 e. The molecule has 2 aliphatic rings. The number of esters is 3. The summed E-state index contributed by atoms with van der Waals surface area (Å²) in [7, 11) is 0. The zero-order valence-electron chi connectivity index (χ0n) is 38.9. The molecule has 0 aromatic rings. The number of aliphatic hydroxyl groups is 5. The Hall–Kier alpha value is -1.91. The van der Waals surface area contributed by atoms with Crippen LogP contribution in [0.5, 0.6) is 0 Å². The number of carbonyl (C=O) groups is 3. The van der Waals surface area contributed by atoms with Crippen LogP contribution < -0.4 is 0 Å². The summed E-state index contributed by atoms with van der Waals surface area (Å²) in [5.41, 5.74) is 0. The molecule has 14 nitrogen and oxygen atoms in total. The van der Waals surface area contributed by atoms with Gasteiger partial charge in [0.1, 0.15) is 31.0 Å². The molecule has 2 saturated heterocycles. The molecular weight excluding hydrogens is 801 g/mol. The highest BCUT2D eigenvalue weighted by Crippen LogP contribution is 2.39. The molecule has 0 radical (unpaired) electrons. The Bertz CT molecular complexity index is 1160. The van der Waals surface area contributed by atoms with E-state index >= 15 is 0 Å². The van der Waals surface area contributed by atoms with E-state index < -0.39 is 92.5 Å². The van der Waals surface area contributed by atoms with Crippen LogP contribution in [-0.4, -0.2) is 118 Å². The lowest BCUT2D eigenvalue weighted by Crippen LogP contribution is -2.64. The van der Waals surface area contributed by atoms with Crippen LogP contribution in [0.25, 0.3) is 0 Å². The predicted octanol–water partition coefficient (Wildman–Crippen LogP) is 8.02. The van der Waals surface area contributed by atoms with E-state index in [9.17, 15) is 39.9 Å². The van der Waals surface area contributed by atoms with Crippen LogP contribution in [0.2, 0.25) is 0 Å². The van der Waals surface area contributed by atoms with Crippen molar-refractivity contribution in [3.63, 3.8) is 0 Å². The molecule has 5 N–H and O–H groups in total. The van der Waals surface area contributed by atoms with E-state index in [2.05, 4.69) is 20.8 Å². The van der Waals surface area contributed by atoms with Gasteiger partial charge >= 0.3 is 17.9 Å². The molecule has 0 bridgehead atoms. The SMILES string of the molecule is CCCCCCCCCCCC(=O)O[C@H]1[C@@H](O[C@]2(CO)O[C@H](CO)[C@@H](O)[C@@H]2OC(=O)CCCCCCCCCCC)O[C@H](CO)[C@@H](O)[C@@H]1OC(=O)CCCCCCCCCCC. The largest absolute Gasteiger partial charge is 0.455 e. The van der Waals surface area contributed by atoms with Gasteiger partial charge < -0.3 is 54.0 Å². The highest BCUT2D eigenvalue weighted by Gasteiger charge is 2.62. The standard InChI is InChI=1S/C48H88O14/c1-4-7-10-13-16-19-22-25-28-31-39(52)58-44-42(55)37(34-49)57-47(45(44)59-40(53)32-29-26-23-20-17-14-11-8-5-2)62-48(36-51)46(43(56)38(35-50)61-48)60-41(54)33-30-27-24-21-18-15-12-9-6-3/h37-38,42-47,49-51,55-56H,4-36H2,1-3H3/t37-,38-,42-,43-,44+,45-,46+,47-,48+/m1/s1. The van der Waals surface area contributed by atoms with Crippen LogP contribution in [-0.2, 0) is 42.8 Å². The second kappa shape index (κ2) is 34.4. The molecule has 2 rings (SSSR count). The van der Waals surface area contributed by atoms with E-state index in [-0.39, 0.29) is 19.3 Å². The number of unbranched alkanes of at least 4 members (excludes halogenated alkanes) is 24. The van der Waals surface area contributed by atoms with Crippen LogP contribution >= 0.6 is 0 Å². The number of hydrogen-bond acceptors (Lipinski definition) is 14. The Morgan fingerprint density at radius 3 is 1.19 bits per heavy atom. The summed E-state index contributed by atoms with van der Waals surface area (Å²) in [4.78, 5) is 39.9. The van der Waals surface area contributed by atoms with Gasteiger partial charge in [0.15, 0.2) is 18.3 Å². The molecule has 14 heteroatoms. The summed E-state index contributed by atoms with van der Waals surface area (Å²) in [5, 5.41) is 53.8. The minimum absolute atomic E-state index is 0.0176. The third-order valence-electron chi connectivity index (χ3n) is 12.2. The average Bonchev–Trinajstić information content (AvgIpc) is 3.52. The lowest BCUT2D eigenvalue weighted by Gasteiger charge is -2.45. The van der Waals surface area contributed by atoms with Gasteiger partial charge in [-0.1, -0.05) is 175 Å². The van der Waals surface area contributed by atoms with Crippen molar-refractivity contribution in [2.24, 2.45) is 0 Å². The van der Waals surface area contributed by atoms with Crippen LogP contribution in [0.3, 0.4) is 0 Å². The Kier molecular flexibility index (Phi) is 31.2. The highest BCUT2D eigenvalue weighted by molar-refractivity contribution is 5.71. The van der Waals surface area contributed by atoms with Crippen molar-refractivity contribution in [3.05, 3.63) is 0 Å². The first-order chi connectivity index (χ1) is 30.1. The average molecular weight is 889 g/mol. The summed E-state index contributed by atoms with van der Waals surface area (Å²) in [6.07, 6.45) is 15.4. The van der Waals surface area contributed by atoms with Gasteiger partial charge in [0.2, 0.25) is 12.1 Å². The lowest BCUT2D eigenvalue weighted by molar-refractivity contribution is -0.384. The monoisotopic (exact) mass is 889 g/mol. The van der Waals surface area contributed by atoms with E-state index in [0.717, 1.165) is 77.0 Å². The number of aliphatic hydroxyl groups excluding tert-OH is 5. The van der Waals surface area contributed by atoms with E-state index in [0.29, 0.717) is 19.3 Å². The zero-order chi connectivity index (χ0) is 45.4. The van der Waals surface area contributed by atoms with Crippen LogP contribution in [0.15, 0.2) is 0 Å². The molecule has 0 aromatic heterocycles. The van der Waals surface area contributed by atoms with Gasteiger partial charge in [-0.15, -0.1) is 0 Å². The number of hydrogen-bond donors (Lipinski definition) is 5. The summed E-state index contributed by atoms with van der Waals surface area (Å²) >= 11 is 0. The maximum atomic E-state index is 13.5. The fraction of sp³-hybridized carbons (Fsp3) is 0.938. The molecule has 2 fully saturated rings. The molecule has 0 amide bonds. The molecule has 0 aromatic carbocycles. The normalized spacial score (nSPS) is 26.1. The van der Waals surface area contributed by atoms with E-state index in [1.54, 1.807) is 0 Å². The minimum Gasteiger partial charge on any atom is -0.455 e. The van der Waals surface area contributed by atoms with E-state index in [4.69, 9.17) is 28.4 Å². The van der Waals surface area contributed by atoms with Gasteiger partial charge in [0.25, 0.3) is 0 Å². The minimum atomic E-state index is -2.35. The van der Waals surface area contributed by atoms with Gasteiger partial charge in [-0.25, -0.2) is 0 Å². The topological polar surface area (TPSA) is 208 Å².